The van der Waals surface area contributed by atoms with E-state index in [1.54, 1.807) is 0 Å². The second-order valence-corrected chi connectivity index (χ2v) is 5.08. The van der Waals surface area contributed by atoms with E-state index in [2.05, 4.69) is 19.9 Å². The Morgan fingerprint density at radius 2 is 2.07 bits per heavy atom. The molecule has 0 amide bonds. The second-order valence-electron chi connectivity index (χ2n) is 5.08. The molecule has 0 saturated carbocycles. The molecule has 0 aromatic heterocycles. The van der Waals surface area contributed by atoms with Crippen molar-refractivity contribution in [1.29, 1.82) is 0 Å². The van der Waals surface area contributed by atoms with Gasteiger partial charge < -0.3 is 5.11 Å². The molecule has 0 saturated heterocycles. The van der Waals surface area contributed by atoms with E-state index in [9.17, 15) is 5.11 Å². The molecule has 0 spiro atoms. The molecule has 0 radical (unpaired) electrons. The van der Waals surface area contributed by atoms with Crippen molar-refractivity contribution in [3.05, 3.63) is 28.8 Å². The standard InChI is InChI=1S/C14H20O/c1-9(2)12-6-4-5-11-8-14(15)10(3)7-13(11)12/h7-9,12,15H,4-6H2,1-3H3/t12-/m0/s1. The molecule has 1 aliphatic rings. The zero-order valence-corrected chi connectivity index (χ0v) is 9.88. The van der Waals surface area contributed by atoms with Gasteiger partial charge in [-0.2, -0.15) is 0 Å². The van der Waals surface area contributed by atoms with Gasteiger partial charge in [-0.25, -0.2) is 0 Å². The maximum atomic E-state index is 9.70. The Morgan fingerprint density at radius 3 is 2.73 bits per heavy atom. The zero-order chi connectivity index (χ0) is 11.0. The molecule has 82 valence electrons. The van der Waals surface area contributed by atoms with E-state index in [1.165, 1.54) is 24.0 Å². The van der Waals surface area contributed by atoms with Crippen molar-refractivity contribution in [3.8, 4) is 5.75 Å². The summed E-state index contributed by atoms with van der Waals surface area (Å²) in [7, 11) is 0. The molecule has 1 atom stereocenters. The van der Waals surface area contributed by atoms with Crippen LogP contribution in [0.4, 0.5) is 0 Å². The lowest BCUT2D eigenvalue weighted by atomic mass is 9.76. The van der Waals surface area contributed by atoms with Gasteiger partial charge in [0.15, 0.2) is 0 Å². The smallest absolute Gasteiger partial charge is 0.118 e. The first-order chi connectivity index (χ1) is 7.09. The molecule has 0 aliphatic heterocycles. The minimum Gasteiger partial charge on any atom is -0.508 e. The molecule has 0 unspecified atom stereocenters. The molecule has 0 heterocycles. The van der Waals surface area contributed by atoms with Crippen LogP contribution in [0, 0.1) is 12.8 Å². The van der Waals surface area contributed by atoms with Gasteiger partial charge >= 0.3 is 0 Å². The molecule has 1 heteroatoms. The van der Waals surface area contributed by atoms with Crippen LogP contribution in [0.5, 0.6) is 5.75 Å². The molecule has 1 aromatic rings. The Bertz CT molecular complexity index is 366. The summed E-state index contributed by atoms with van der Waals surface area (Å²) in [5.74, 6) is 1.85. The third kappa shape index (κ3) is 1.88. The number of aromatic hydroxyl groups is 1. The van der Waals surface area contributed by atoms with Gasteiger partial charge in [0.1, 0.15) is 5.75 Å². The number of hydrogen-bond donors (Lipinski definition) is 1. The quantitative estimate of drug-likeness (QED) is 0.738. The third-order valence-corrected chi connectivity index (χ3v) is 3.62. The summed E-state index contributed by atoms with van der Waals surface area (Å²) in [6.07, 6.45) is 3.69. The molecule has 2 rings (SSSR count). The van der Waals surface area contributed by atoms with Crippen LogP contribution < -0.4 is 0 Å². The lowest BCUT2D eigenvalue weighted by Crippen LogP contribution is -2.14. The van der Waals surface area contributed by atoms with E-state index in [0.29, 0.717) is 17.6 Å². The summed E-state index contributed by atoms with van der Waals surface area (Å²) in [4.78, 5) is 0. The molecular formula is C14H20O. The van der Waals surface area contributed by atoms with Gasteiger partial charge in [-0.3, -0.25) is 0 Å². The van der Waals surface area contributed by atoms with Crippen LogP contribution in [0.2, 0.25) is 0 Å². The normalized spacial score (nSPS) is 20.4. The van der Waals surface area contributed by atoms with Crippen LogP contribution in [0.3, 0.4) is 0 Å². The fourth-order valence-electron chi connectivity index (χ4n) is 2.68. The number of fused-ring (bicyclic) bond motifs is 1. The topological polar surface area (TPSA) is 20.2 Å². The van der Waals surface area contributed by atoms with Crippen molar-refractivity contribution in [3.63, 3.8) is 0 Å². The minimum absolute atomic E-state index is 0.457. The van der Waals surface area contributed by atoms with E-state index >= 15 is 0 Å². The summed E-state index contributed by atoms with van der Waals surface area (Å²) >= 11 is 0. The van der Waals surface area contributed by atoms with Gasteiger partial charge in [-0.05, 0) is 60.8 Å². The van der Waals surface area contributed by atoms with Crippen molar-refractivity contribution in [2.24, 2.45) is 5.92 Å². The van der Waals surface area contributed by atoms with E-state index < -0.39 is 0 Å². The second kappa shape index (κ2) is 3.88. The van der Waals surface area contributed by atoms with Crippen molar-refractivity contribution >= 4 is 0 Å². The molecule has 1 aliphatic carbocycles. The highest BCUT2D eigenvalue weighted by Gasteiger charge is 2.23. The first-order valence-electron chi connectivity index (χ1n) is 5.92. The summed E-state index contributed by atoms with van der Waals surface area (Å²) < 4.78 is 0. The summed E-state index contributed by atoms with van der Waals surface area (Å²) in [5, 5.41) is 9.70. The summed E-state index contributed by atoms with van der Waals surface area (Å²) in [6, 6.07) is 4.16. The number of hydrogen-bond acceptors (Lipinski definition) is 1. The van der Waals surface area contributed by atoms with Crippen LogP contribution >= 0.6 is 0 Å². The Labute approximate surface area is 92.1 Å². The first kappa shape index (κ1) is 10.5. The number of rotatable bonds is 1. The zero-order valence-electron chi connectivity index (χ0n) is 9.88. The van der Waals surface area contributed by atoms with E-state index in [4.69, 9.17) is 0 Å². The highest BCUT2D eigenvalue weighted by Crippen LogP contribution is 2.39. The molecular weight excluding hydrogens is 184 g/mol. The minimum atomic E-state index is 0.457. The van der Waals surface area contributed by atoms with E-state index in [0.717, 1.165) is 12.0 Å². The highest BCUT2D eigenvalue weighted by atomic mass is 16.3. The van der Waals surface area contributed by atoms with Gasteiger partial charge in [0.05, 0.1) is 0 Å². The van der Waals surface area contributed by atoms with Crippen molar-refractivity contribution in [2.75, 3.05) is 0 Å². The Hall–Kier alpha value is -0.980. The Balaban J connectivity index is 2.47. The third-order valence-electron chi connectivity index (χ3n) is 3.62. The number of benzene rings is 1. The maximum Gasteiger partial charge on any atom is 0.118 e. The Morgan fingerprint density at radius 1 is 1.33 bits per heavy atom. The maximum absolute atomic E-state index is 9.70. The number of aryl methyl sites for hydroxylation is 2. The lowest BCUT2D eigenvalue weighted by Gasteiger charge is -2.29. The fraction of sp³-hybridized carbons (Fsp3) is 0.571. The molecule has 1 nitrogen and oxygen atoms in total. The number of phenols is 1. The predicted molar refractivity (Wildman–Crippen MR) is 63.4 cm³/mol. The van der Waals surface area contributed by atoms with Crippen LogP contribution in [0.1, 0.15) is 49.3 Å². The lowest BCUT2D eigenvalue weighted by molar-refractivity contribution is 0.428. The number of phenolic OH excluding ortho intramolecular Hbond substituents is 1. The fourth-order valence-corrected chi connectivity index (χ4v) is 2.68. The van der Waals surface area contributed by atoms with Crippen LogP contribution in [-0.4, -0.2) is 5.11 Å². The van der Waals surface area contributed by atoms with Crippen molar-refractivity contribution in [1.82, 2.24) is 0 Å². The highest BCUT2D eigenvalue weighted by molar-refractivity contribution is 5.44. The Kier molecular flexibility index (Phi) is 2.72. The van der Waals surface area contributed by atoms with Gasteiger partial charge in [-0.15, -0.1) is 0 Å². The van der Waals surface area contributed by atoms with Crippen LogP contribution in [0.25, 0.3) is 0 Å². The largest absolute Gasteiger partial charge is 0.508 e. The van der Waals surface area contributed by atoms with Gasteiger partial charge in [0, 0.05) is 0 Å². The van der Waals surface area contributed by atoms with Crippen LogP contribution in [0.15, 0.2) is 12.1 Å². The van der Waals surface area contributed by atoms with E-state index in [-0.39, 0.29) is 0 Å². The molecule has 0 fully saturated rings. The average molecular weight is 204 g/mol. The predicted octanol–water partition coefficient (Wildman–Crippen LogP) is 3.78. The monoisotopic (exact) mass is 204 g/mol. The van der Waals surface area contributed by atoms with Gasteiger partial charge in [-0.1, -0.05) is 19.9 Å². The SMILES string of the molecule is Cc1cc2c(cc1O)CCC[C@H]2C(C)C. The molecule has 1 N–H and O–H groups in total. The first-order valence-corrected chi connectivity index (χ1v) is 5.92. The van der Waals surface area contributed by atoms with E-state index in [1.807, 2.05) is 13.0 Å². The summed E-state index contributed by atoms with van der Waals surface area (Å²) in [5.41, 5.74) is 3.86. The summed E-state index contributed by atoms with van der Waals surface area (Å²) in [6.45, 7) is 6.57. The van der Waals surface area contributed by atoms with Crippen LogP contribution in [-0.2, 0) is 6.42 Å². The average Bonchev–Trinajstić information content (AvgIpc) is 2.18. The molecule has 15 heavy (non-hydrogen) atoms. The van der Waals surface area contributed by atoms with Gasteiger partial charge in [0.2, 0.25) is 0 Å². The molecule has 0 bridgehead atoms. The van der Waals surface area contributed by atoms with Gasteiger partial charge in [0.25, 0.3) is 0 Å². The van der Waals surface area contributed by atoms with Crippen molar-refractivity contribution in [2.45, 2.75) is 46.0 Å². The van der Waals surface area contributed by atoms with Crippen molar-refractivity contribution < 1.29 is 5.11 Å². The molecule has 1 aromatic carbocycles.